The van der Waals surface area contributed by atoms with Crippen molar-refractivity contribution in [1.82, 2.24) is 5.32 Å². The van der Waals surface area contributed by atoms with Gasteiger partial charge in [-0.25, -0.2) is 0 Å². The van der Waals surface area contributed by atoms with Crippen LogP contribution in [0.2, 0.25) is 0 Å². The molecule has 1 aliphatic heterocycles. The molecule has 1 aromatic heterocycles. The minimum atomic E-state index is -0.491. The van der Waals surface area contributed by atoms with Gasteiger partial charge in [-0.1, -0.05) is 36.4 Å². The number of rotatable bonds is 8. The maximum absolute atomic E-state index is 13.1. The molecule has 0 fully saturated rings. The standard InChI is InChI=1S/C31H27N3O4S/c35-29(34-18-6-11-22-8-4-5-13-28(22)34)21-39-26-16-14-24(15-17-26)32-31(37)27(20-25-12-7-19-38-25)33-30(36)23-9-2-1-3-10-23/h1-5,7-10,12-17,19-20H,6,11,18,21H2,(H,32,37)(H,33,36)/b27-20-. The summed E-state index contributed by atoms with van der Waals surface area (Å²) < 4.78 is 5.34. The number of hydrogen-bond acceptors (Lipinski definition) is 5. The molecular weight excluding hydrogens is 510 g/mol. The first-order chi connectivity index (χ1) is 19.1. The van der Waals surface area contributed by atoms with Crippen LogP contribution >= 0.6 is 11.8 Å². The normalized spacial score (nSPS) is 12.9. The number of benzene rings is 3. The highest BCUT2D eigenvalue weighted by molar-refractivity contribution is 8.00. The quantitative estimate of drug-likeness (QED) is 0.220. The summed E-state index contributed by atoms with van der Waals surface area (Å²) in [7, 11) is 0. The molecule has 0 saturated carbocycles. The van der Waals surface area contributed by atoms with E-state index in [1.165, 1.54) is 29.7 Å². The Morgan fingerprint density at radius 2 is 1.67 bits per heavy atom. The molecule has 0 unspecified atom stereocenters. The fraction of sp³-hybridized carbons (Fsp3) is 0.129. The Labute approximate surface area is 230 Å². The van der Waals surface area contributed by atoms with Gasteiger partial charge < -0.3 is 20.0 Å². The fourth-order valence-corrected chi connectivity index (χ4v) is 5.08. The van der Waals surface area contributed by atoms with E-state index in [9.17, 15) is 14.4 Å². The van der Waals surface area contributed by atoms with E-state index in [1.807, 2.05) is 41.3 Å². The molecule has 2 heterocycles. The summed E-state index contributed by atoms with van der Waals surface area (Å²) in [5, 5.41) is 5.50. The number of thioether (sulfide) groups is 1. The van der Waals surface area contributed by atoms with Crippen LogP contribution in [0.5, 0.6) is 0 Å². The molecule has 0 radical (unpaired) electrons. The predicted molar refractivity (Wildman–Crippen MR) is 154 cm³/mol. The lowest BCUT2D eigenvalue weighted by atomic mass is 10.0. The number of anilines is 2. The highest BCUT2D eigenvalue weighted by Crippen LogP contribution is 2.28. The van der Waals surface area contributed by atoms with Gasteiger partial charge in [0.1, 0.15) is 11.5 Å². The largest absolute Gasteiger partial charge is 0.465 e. The van der Waals surface area contributed by atoms with Crippen LogP contribution in [0.4, 0.5) is 11.4 Å². The van der Waals surface area contributed by atoms with Crippen LogP contribution in [0.25, 0.3) is 6.08 Å². The van der Waals surface area contributed by atoms with Crippen molar-refractivity contribution in [3.63, 3.8) is 0 Å². The lowest BCUT2D eigenvalue weighted by molar-refractivity contribution is -0.116. The summed E-state index contributed by atoms with van der Waals surface area (Å²) in [6.07, 6.45) is 4.93. The number of hydrogen-bond donors (Lipinski definition) is 2. The molecule has 39 heavy (non-hydrogen) atoms. The molecule has 3 amide bonds. The van der Waals surface area contributed by atoms with Gasteiger partial charge in [-0.2, -0.15) is 0 Å². The van der Waals surface area contributed by atoms with Crippen molar-refractivity contribution in [1.29, 1.82) is 0 Å². The van der Waals surface area contributed by atoms with Gasteiger partial charge in [0.05, 0.1) is 12.0 Å². The van der Waals surface area contributed by atoms with Gasteiger partial charge in [-0.3, -0.25) is 14.4 Å². The lowest BCUT2D eigenvalue weighted by Crippen LogP contribution is -2.36. The Bertz CT molecular complexity index is 1480. The molecule has 196 valence electrons. The van der Waals surface area contributed by atoms with E-state index in [-0.39, 0.29) is 11.6 Å². The van der Waals surface area contributed by atoms with Crippen molar-refractivity contribution in [2.24, 2.45) is 0 Å². The maximum atomic E-state index is 13.1. The van der Waals surface area contributed by atoms with Crippen LogP contribution in [-0.2, 0) is 16.0 Å². The molecule has 4 aromatic rings. The minimum absolute atomic E-state index is 0.0460. The lowest BCUT2D eigenvalue weighted by Gasteiger charge is -2.29. The number of nitrogens with one attached hydrogen (secondary N) is 2. The number of aryl methyl sites for hydroxylation is 1. The van der Waals surface area contributed by atoms with Gasteiger partial charge in [-0.15, -0.1) is 11.8 Å². The topological polar surface area (TPSA) is 91.7 Å². The average molecular weight is 538 g/mol. The third-order valence-corrected chi connectivity index (χ3v) is 7.24. The summed E-state index contributed by atoms with van der Waals surface area (Å²) in [6, 6.07) is 27.4. The first kappa shape index (κ1) is 26.1. The summed E-state index contributed by atoms with van der Waals surface area (Å²) in [5.41, 5.74) is 3.25. The number of carbonyl (C=O) groups is 3. The van der Waals surface area contributed by atoms with Crippen molar-refractivity contribution in [3.05, 3.63) is 120 Å². The van der Waals surface area contributed by atoms with Crippen LogP contribution < -0.4 is 15.5 Å². The highest BCUT2D eigenvalue weighted by Gasteiger charge is 2.22. The third-order valence-electron chi connectivity index (χ3n) is 6.24. The van der Waals surface area contributed by atoms with E-state index in [2.05, 4.69) is 16.7 Å². The second kappa shape index (κ2) is 12.3. The monoisotopic (exact) mass is 537 g/mol. The minimum Gasteiger partial charge on any atom is -0.465 e. The molecule has 3 aromatic carbocycles. The van der Waals surface area contributed by atoms with Crippen molar-refractivity contribution >= 4 is 46.9 Å². The van der Waals surface area contributed by atoms with E-state index in [0.29, 0.717) is 22.8 Å². The first-order valence-corrected chi connectivity index (χ1v) is 13.6. The molecule has 0 saturated heterocycles. The molecule has 5 rings (SSSR count). The molecule has 2 N–H and O–H groups in total. The molecule has 8 heteroatoms. The number of nitrogens with zero attached hydrogens (tertiary/aromatic N) is 1. The zero-order valence-electron chi connectivity index (χ0n) is 21.1. The summed E-state index contributed by atoms with van der Waals surface area (Å²) in [4.78, 5) is 41.5. The van der Waals surface area contributed by atoms with Crippen molar-refractivity contribution < 1.29 is 18.8 Å². The second-order valence-corrected chi connectivity index (χ2v) is 9.99. The van der Waals surface area contributed by atoms with Gasteiger partial charge in [0.15, 0.2) is 0 Å². The van der Waals surface area contributed by atoms with Crippen LogP contribution in [0, 0.1) is 0 Å². The van der Waals surface area contributed by atoms with E-state index in [1.54, 1.807) is 48.5 Å². The van der Waals surface area contributed by atoms with Crippen molar-refractivity contribution in [2.75, 3.05) is 22.5 Å². The van der Waals surface area contributed by atoms with E-state index in [0.717, 1.165) is 30.0 Å². The predicted octanol–water partition coefficient (Wildman–Crippen LogP) is 5.76. The van der Waals surface area contributed by atoms with Gasteiger partial charge in [0.2, 0.25) is 5.91 Å². The van der Waals surface area contributed by atoms with E-state index < -0.39 is 11.8 Å². The molecule has 0 spiro atoms. The number of fused-ring (bicyclic) bond motifs is 1. The third kappa shape index (κ3) is 6.66. The summed E-state index contributed by atoms with van der Waals surface area (Å²) >= 11 is 1.45. The first-order valence-electron chi connectivity index (χ1n) is 12.6. The Morgan fingerprint density at radius 1 is 0.897 bits per heavy atom. The number of furan rings is 1. The Hall–Kier alpha value is -4.56. The maximum Gasteiger partial charge on any atom is 0.272 e. The Morgan fingerprint density at radius 3 is 2.44 bits per heavy atom. The molecule has 0 bridgehead atoms. The molecule has 1 aliphatic rings. The van der Waals surface area contributed by atoms with Crippen LogP contribution in [0.3, 0.4) is 0 Å². The second-order valence-electron chi connectivity index (χ2n) is 8.94. The van der Waals surface area contributed by atoms with Crippen LogP contribution in [0.15, 0.2) is 112 Å². The van der Waals surface area contributed by atoms with Gasteiger partial charge >= 0.3 is 0 Å². The number of para-hydroxylation sites is 1. The van der Waals surface area contributed by atoms with E-state index >= 15 is 0 Å². The van der Waals surface area contributed by atoms with Gasteiger partial charge in [0, 0.05) is 34.5 Å². The SMILES string of the molecule is O=C(Nc1ccc(SCC(=O)N2CCCc3ccccc32)cc1)/C(=C/c1ccco1)NC(=O)c1ccccc1. The zero-order valence-corrected chi connectivity index (χ0v) is 21.9. The zero-order chi connectivity index (χ0) is 27.0. The Balaban J connectivity index is 1.21. The molecular formula is C31H27N3O4S. The number of carbonyl (C=O) groups excluding carboxylic acids is 3. The van der Waals surface area contributed by atoms with Crippen LogP contribution in [0.1, 0.15) is 28.1 Å². The fourth-order valence-electron chi connectivity index (χ4n) is 4.31. The molecule has 7 nitrogen and oxygen atoms in total. The summed E-state index contributed by atoms with van der Waals surface area (Å²) in [5.74, 6) is -0.0688. The van der Waals surface area contributed by atoms with Gasteiger partial charge in [0.25, 0.3) is 11.8 Å². The highest BCUT2D eigenvalue weighted by atomic mass is 32.2. The van der Waals surface area contributed by atoms with Crippen LogP contribution in [-0.4, -0.2) is 30.0 Å². The van der Waals surface area contributed by atoms with Crippen molar-refractivity contribution in [3.8, 4) is 0 Å². The van der Waals surface area contributed by atoms with Crippen molar-refractivity contribution in [2.45, 2.75) is 17.7 Å². The smallest absolute Gasteiger partial charge is 0.272 e. The van der Waals surface area contributed by atoms with Gasteiger partial charge in [-0.05, 0) is 73.0 Å². The molecule has 0 aliphatic carbocycles. The number of amides is 3. The Kier molecular flexibility index (Phi) is 8.23. The summed E-state index contributed by atoms with van der Waals surface area (Å²) in [6.45, 7) is 0.732. The molecule has 0 atom stereocenters. The van der Waals surface area contributed by atoms with E-state index in [4.69, 9.17) is 4.42 Å². The average Bonchev–Trinajstić information content (AvgIpc) is 3.49.